The number of amides is 1. The van der Waals surface area contributed by atoms with Crippen molar-refractivity contribution in [3.05, 3.63) is 69.5 Å². The Labute approximate surface area is 142 Å². The van der Waals surface area contributed by atoms with Crippen molar-refractivity contribution in [2.45, 2.75) is 6.42 Å². The molecule has 0 unspecified atom stereocenters. The number of rotatable bonds is 8. The van der Waals surface area contributed by atoms with Gasteiger partial charge in [0.2, 0.25) is 0 Å². The Kier molecular flexibility index (Phi) is 6.16. The van der Waals surface area contributed by atoms with Crippen LogP contribution in [0, 0.1) is 15.9 Å². The number of carbonyl (C=O) groups is 2. The normalized spacial score (nSPS) is 10.1. The second-order valence-corrected chi connectivity index (χ2v) is 5.08. The highest BCUT2D eigenvalue weighted by molar-refractivity contribution is 5.79. The van der Waals surface area contributed by atoms with Gasteiger partial charge in [-0.3, -0.25) is 19.7 Å². The number of nitro benzene ring substituents is 1. The molecule has 25 heavy (non-hydrogen) atoms. The van der Waals surface area contributed by atoms with E-state index in [1.807, 2.05) is 0 Å². The summed E-state index contributed by atoms with van der Waals surface area (Å²) in [5.41, 5.74) is 0.209. The van der Waals surface area contributed by atoms with Gasteiger partial charge in [-0.1, -0.05) is 18.2 Å². The standard InChI is InChI=1S/C17H15FN2O5/c18-14-4-2-1-3-13(14)7-8-19-17(22)11-25-16-6-5-12(10-21)9-15(16)20(23)24/h1-6,9-10H,7-8,11H2,(H,19,22). The van der Waals surface area contributed by atoms with Crippen LogP contribution < -0.4 is 10.1 Å². The molecule has 0 spiro atoms. The molecule has 1 amide bonds. The van der Waals surface area contributed by atoms with Crippen molar-refractivity contribution < 1.29 is 23.6 Å². The van der Waals surface area contributed by atoms with Crippen LogP contribution in [0.25, 0.3) is 0 Å². The lowest BCUT2D eigenvalue weighted by molar-refractivity contribution is -0.385. The number of nitrogens with one attached hydrogen (secondary N) is 1. The summed E-state index contributed by atoms with van der Waals surface area (Å²) in [5.74, 6) is -0.955. The molecule has 0 heterocycles. The van der Waals surface area contributed by atoms with Crippen LogP contribution in [0.3, 0.4) is 0 Å². The largest absolute Gasteiger partial charge is 0.477 e. The van der Waals surface area contributed by atoms with Crippen molar-refractivity contribution in [1.29, 1.82) is 0 Å². The third-order valence-electron chi connectivity index (χ3n) is 3.35. The summed E-state index contributed by atoms with van der Waals surface area (Å²) in [4.78, 5) is 32.7. The third-order valence-corrected chi connectivity index (χ3v) is 3.35. The van der Waals surface area contributed by atoms with Gasteiger partial charge in [-0.25, -0.2) is 4.39 Å². The lowest BCUT2D eigenvalue weighted by atomic mass is 10.1. The van der Waals surface area contributed by atoms with Gasteiger partial charge in [0, 0.05) is 18.2 Å². The second kappa shape index (κ2) is 8.53. The fraction of sp³-hybridized carbons (Fsp3) is 0.176. The van der Waals surface area contributed by atoms with Gasteiger partial charge in [-0.05, 0) is 30.2 Å². The van der Waals surface area contributed by atoms with Crippen molar-refractivity contribution in [2.75, 3.05) is 13.2 Å². The van der Waals surface area contributed by atoms with Gasteiger partial charge in [0.05, 0.1) is 4.92 Å². The minimum absolute atomic E-state index is 0.111. The van der Waals surface area contributed by atoms with Crippen LogP contribution in [0.4, 0.5) is 10.1 Å². The van der Waals surface area contributed by atoms with Crippen molar-refractivity contribution in [2.24, 2.45) is 0 Å². The van der Waals surface area contributed by atoms with Crippen molar-refractivity contribution in [3.8, 4) is 5.75 Å². The number of halogens is 1. The molecule has 0 fully saturated rings. The first-order valence-electron chi connectivity index (χ1n) is 7.38. The third kappa shape index (κ3) is 5.10. The predicted molar refractivity (Wildman–Crippen MR) is 87.1 cm³/mol. The van der Waals surface area contributed by atoms with Gasteiger partial charge in [-0.2, -0.15) is 0 Å². The number of hydrogen-bond donors (Lipinski definition) is 1. The Morgan fingerprint density at radius 3 is 2.72 bits per heavy atom. The highest BCUT2D eigenvalue weighted by atomic mass is 19.1. The van der Waals surface area contributed by atoms with E-state index in [2.05, 4.69) is 5.32 Å². The highest BCUT2D eigenvalue weighted by Crippen LogP contribution is 2.27. The Hall–Kier alpha value is -3.29. The van der Waals surface area contributed by atoms with Crippen LogP contribution in [0.1, 0.15) is 15.9 Å². The van der Waals surface area contributed by atoms with E-state index in [1.54, 1.807) is 18.2 Å². The summed E-state index contributed by atoms with van der Waals surface area (Å²) in [6.45, 7) is -0.228. The summed E-state index contributed by atoms with van der Waals surface area (Å²) in [6.07, 6.45) is 0.790. The Balaban J connectivity index is 1.87. The quantitative estimate of drug-likeness (QED) is 0.449. The Morgan fingerprint density at radius 1 is 1.28 bits per heavy atom. The van der Waals surface area contributed by atoms with Gasteiger partial charge in [-0.15, -0.1) is 0 Å². The zero-order valence-corrected chi connectivity index (χ0v) is 13.1. The molecule has 0 saturated heterocycles. The van der Waals surface area contributed by atoms with E-state index < -0.39 is 23.1 Å². The smallest absolute Gasteiger partial charge is 0.311 e. The summed E-state index contributed by atoms with van der Waals surface area (Å²) >= 11 is 0. The molecule has 0 atom stereocenters. The van der Waals surface area contributed by atoms with Gasteiger partial charge >= 0.3 is 5.69 Å². The van der Waals surface area contributed by atoms with E-state index in [-0.39, 0.29) is 23.7 Å². The molecule has 0 radical (unpaired) electrons. The van der Waals surface area contributed by atoms with E-state index in [0.717, 1.165) is 6.07 Å². The first kappa shape index (κ1) is 18.1. The molecule has 2 rings (SSSR count). The zero-order chi connectivity index (χ0) is 18.2. The molecule has 2 aromatic carbocycles. The second-order valence-electron chi connectivity index (χ2n) is 5.08. The maximum Gasteiger partial charge on any atom is 0.311 e. The van der Waals surface area contributed by atoms with Gasteiger partial charge in [0.15, 0.2) is 12.4 Å². The van der Waals surface area contributed by atoms with Crippen molar-refractivity contribution in [3.63, 3.8) is 0 Å². The maximum absolute atomic E-state index is 13.4. The van der Waals surface area contributed by atoms with E-state index in [1.165, 1.54) is 18.2 Å². The molecule has 0 aliphatic heterocycles. The SMILES string of the molecule is O=Cc1ccc(OCC(=O)NCCc2ccccc2F)c([N+](=O)[O-])c1. The number of hydrogen-bond acceptors (Lipinski definition) is 5. The average Bonchev–Trinajstić information content (AvgIpc) is 2.61. The molecule has 2 aromatic rings. The molecular weight excluding hydrogens is 331 g/mol. The van der Waals surface area contributed by atoms with Crippen LogP contribution in [0.5, 0.6) is 5.75 Å². The average molecular weight is 346 g/mol. The first-order valence-corrected chi connectivity index (χ1v) is 7.38. The molecule has 1 N–H and O–H groups in total. The lowest BCUT2D eigenvalue weighted by Gasteiger charge is -2.08. The van der Waals surface area contributed by atoms with E-state index >= 15 is 0 Å². The number of ether oxygens (including phenoxy) is 1. The van der Waals surface area contributed by atoms with Crippen LogP contribution in [-0.2, 0) is 11.2 Å². The Morgan fingerprint density at radius 2 is 2.04 bits per heavy atom. The lowest BCUT2D eigenvalue weighted by Crippen LogP contribution is -2.30. The molecule has 0 aliphatic carbocycles. The molecule has 130 valence electrons. The summed E-state index contributed by atoms with van der Waals surface area (Å²) < 4.78 is 18.6. The van der Waals surface area contributed by atoms with E-state index in [4.69, 9.17) is 4.74 Å². The van der Waals surface area contributed by atoms with Gasteiger partial charge < -0.3 is 10.1 Å². The predicted octanol–water partition coefficient (Wildman–Crippen LogP) is 2.28. The summed E-state index contributed by atoms with van der Waals surface area (Å²) in [7, 11) is 0. The number of nitrogens with zero attached hydrogens (tertiary/aromatic N) is 1. The fourth-order valence-electron chi connectivity index (χ4n) is 2.10. The number of aldehydes is 1. The highest BCUT2D eigenvalue weighted by Gasteiger charge is 2.17. The number of nitro groups is 1. The molecule has 0 saturated carbocycles. The fourth-order valence-corrected chi connectivity index (χ4v) is 2.10. The summed E-state index contributed by atoms with van der Waals surface area (Å²) in [5, 5.41) is 13.5. The molecule has 8 heteroatoms. The minimum atomic E-state index is -0.696. The minimum Gasteiger partial charge on any atom is -0.477 e. The molecule has 7 nitrogen and oxygen atoms in total. The molecule has 0 aromatic heterocycles. The topological polar surface area (TPSA) is 98.5 Å². The van der Waals surface area contributed by atoms with E-state index in [9.17, 15) is 24.1 Å². The van der Waals surface area contributed by atoms with Crippen LogP contribution in [-0.4, -0.2) is 30.3 Å². The first-order chi connectivity index (χ1) is 12.0. The number of benzene rings is 2. The molecular formula is C17H15FN2O5. The van der Waals surface area contributed by atoms with Gasteiger partial charge in [0.1, 0.15) is 12.1 Å². The summed E-state index contributed by atoms with van der Waals surface area (Å²) in [6, 6.07) is 9.91. The van der Waals surface area contributed by atoms with Crippen molar-refractivity contribution in [1.82, 2.24) is 5.32 Å². The van der Waals surface area contributed by atoms with Gasteiger partial charge in [0.25, 0.3) is 5.91 Å². The zero-order valence-electron chi connectivity index (χ0n) is 13.1. The van der Waals surface area contributed by atoms with E-state index in [0.29, 0.717) is 18.3 Å². The van der Waals surface area contributed by atoms with Crippen LogP contribution in [0.2, 0.25) is 0 Å². The monoisotopic (exact) mass is 346 g/mol. The number of carbonyl (C=O) groups excluding carboxylic acids is 2. The molecule has 0 bridgehead atoms. The van der Waals surface area contributed by atoms with Crippen molar-refractivity contribution >= 4 is 17.9 Å². The maximum atomic E-state index is 13.4. The van der Waals surface area contributed by atoms with Crippen LogP contribution in [0.15, 0.2) is 42.5 Å². The van der Waals surface area contributed by atoms with Crippen LogP contribution >= 0.6 is 0 Å². The Bertz CT molecular complexity index is 794. The molecule has 0 aliphatic rings.